The van der Waals surface area contributed by atoms with Crippen LogP contribution in [0.3, 0.4) is 0 Å². The molecule has 1 aliphatic carbocycles. The molecule has 1 heterocycles. The van der Waals surface area contributed by atoms with Crippen LogP contribution < -0.4 is 0 Å². The zero-order chi connectivity index (χ0) is 18.1. The second-order valence-corrected chi connectivity index (χ2v) is 7.49. The summed E-state index contributed by atoms with van der Waals surface area (Å²) in [7, 11) is 0. The van der Waals surface area contributed by atoms with Crippen LogP contribution in [0.1, 0.15) is 56.1 Å². The summed E-state index contributed by atoms with van der Waals surface area (Å²) >= 11 is 0. The van der Waals surface area contributed by atoms with Gasteiger partial charge in [0, 0.05) is 5.56 Å². The van der Waals surface area contributed by atoms with E-state index in [-0.39, 0.29) is 5.75 Å². The highest BCUT2D eigenvalue weighted by atomic mass is 16.3. The second kappa shape index (κ2) is 6.94. The summed E-state index contributed by atoms with van der Waals surface area (Å²) in [6, 6.07) is 12.0. The van der Waals surface area contributed by atoms with Crippen molar-refractivity contribution < 1.29 is 5.11 Å². The molecule has 1 aliphatic rings. The third-order valence-corrected chi connectivity index (χ3v) is 5.26. The highest BCUT2D eigenvalue weighted by Gasteiger charge is 2.21. The first kappa shape index (κ1) is 16.8. The largest absolute Gasteiger partial charge is 0.505 e. The number of aromatic hydroxyl groups is 1. The average Bonchev–Trinajstić information content (AvgIpc) is 3.07. The first-order valence-corrected chi connectivity index (χ1v) is 9.44. The third-order valence-electron chi connectivity index (χ3n) is 5.26. The Bertz CT molecular complexity index is 918. The van der Waals surface area contributed by atoms with E-state index in [0.29, 0.717) is 18.0 Å². The van der Waals surface area contributed by atoms with Gasteiger partial charge >= 0.3 is 0 Å². The van der Waals surface area contributed by atoms with Crippen molar-refractivity contribution in [1.82, 2.24) is 15.0 Å². The molecule has 0 radical (unpaired) electrons. The van der Waals surface area contributed by atoms with Crippen molar-refractivity contribution in [3.8, 4) is 11.4 Å². The number of benzene rings is 2. The lowest BCUT2D eigenvalue weighted by Crippen LogP contribution is -2.08. The lowest BCUT2D eigenvalue weighted by atomic mass is 9.83. The fourth-order valence-electron chi connectivity index (χ4n) is 3.95. The standard InChI is InChI=1S/C22H25N3O/c1-15(2)12-18-13-17(16-8-4-3-5-9-16)14-21(22(18)26)25-23-19-10-6-7-11-20(19)24-25/h6-7,10-11,13-14,16,26H,1,3-5,8-9,12H2,2H3. The summed E-state index contributed by atoms with van der Waals surface area (Å²) in [5, 5.41) is 20.0. The van der Waals surface area contributed by atoms with Gasteiger partial charge in [-0.15, -0.1) is 15.0 Å². The average molecular weight is 347 g/mol. The number of hydrogen-bond acceptors (Lipinski definition) is 3. The normalized spacial score (nSPS) is 15.4. The van der Waals surface area contributed by atoms with E-state index in [1.807, 2.05) is 31.2 Å². The fourth-order valence-corrected chi connectivity index (χ4v) is 3.95. The van der Waals surface area contributed by atoms with Gasteiger partial charge in [0.15, 0.2) is 0 Å². The Hall–Kier alpha value is -2.62. The van der Waals surface area contributed by atoms with Gasteiger partial charge in [0.2, 0.25) is 0 Å². The zero-order valence-electron chi connectivity index (χ0n) is 15.3. The van der Waals surface area contributed by atoms with Crippen molar-refractivity contribution in [2.45, 2.75) is 51.4 Å². The first-order chi connectivity index (χ1) is 12.6. The molecule has 1 saturated carbocycles. The van der Waals surface area contributed by atoms with Crippen LogP contribution in [0, 0.1) is 0 Å². The summed E-state index contributed by atoms with van der Waals surface area (Å²) in [6.45, 7) is 6.01. The molecule has 4 rings (SSSR count). The van der Waals surface area contributed by atoms with Gasteiger partial charge in [0.1, 0.15) is 22.5 Å². The molecule has 1 aromatic heterocycles. The van der Waals surface area contributed by atoms with Crippen molar-refractivity contribution in [1.29, 1.82) is 0 Å². The van der Waals surface area contributed by atoms with E-state index in [2.05, 4.69) is 28.9 Å². The Morgan fingerprint density at radius 2 is 1.77 bits per heavy atom. The molecule has 0 spiro atoms. The zero-order valence-corrected chi connectivity index (χ0v) is 15.3. The Balaban J connectivity index is 1.84. The monoisotopic (exact) mass is 347 g/mol. The molecule has 0 saturated heterocycles. The van der Waals surface area contributed by atoms with Gasteiger partial charge in [0.05, 0.1) is 0 Å². The molecule has 0 aliphatic heterocycles. The third kappa shape index (κ3) is 3.24. The first-order valence-electron chi connectivity index (χ1n) is 9.44. The van der Waals surface area contributed by atoms with Crippen molar-refractivity contribution in [2.24, 2.45) is 0 Å². The molecule has 2 aromatic carbocycles. The predicted molar refractivity (Wildman–Crippen MR) is 105 cm³/mol. The number of aromatic nitrogens is 3. The Labute approximate surface area is 154 Å². The molecule has 0 bridgehead atoms. The quantitative estimate of drug-likeness (QED) is 0.652. The van der Waals surface area contributed by atoms with E-state index in [0.717, 1.165) is 22.2 Å². The van der Waals surface area contributed by atoms with Crippen LogP contribution in [-0.2, 0) is 6.42 Å². The summed E-state index contributed by atoms with van der Waals surface area (Å²) in [5.74, 6) is 0.810. The molecule has 26 heavy (non-hydrogen) atoms. The van der Waals surface area contributed by atoms with Crippen molar-refractivity contribution in [2.75, 3.05) is 0 Å². The minimum atomic E-state index is 0.257. The molecular formula is C22H25N3O. The number of phenolic OH excluding ortho intramolecular Hbond substituents is 1. The SMILES string of the molecule is C=C(C)Cc1cc(C2CCCCC2)cc(-n2nc3ccccc3n2)c1O. The molecule has 134 valence electrons. The van der Waals surface area contributed by atoms with Crippen molar-refractivity contribution in [3.63, 3.8) is 0 Å². The Morgan fingerprint density at radius 3 is 2.38 bits per heavy atom. The maximum absolute atomic E-state index is 10.9. The molecule has 1 fully saturated rings. The van der Waals surface area contributed by atoms with E-state index < -0.39 is 0 Å². The number of phenols is 1. The Kier molecular flexibility index (Phi) is 4.49. The van der Waals surface area contributed by atoms with Crippen LogP contribution in [0.5, 0.6) is 5.75 Å². The van der Waals surface area contributed by atoms with Gasteiger partial charge < -0.3 is 5.11 Å². The second-order valence-electron chi connectivity index (χ2n) is 7.49. The van der Waals surface area contributed by atoms with Gasteiger partial charge in [-0.25, -0.2) is 0 Å². The van der Waals surface area contributed by atoms with Gasteiger partial charge in [0.25, 0.3) is 0 Å². The number of fused-ring (bicyclic) bond motifs is 1. The molecule has 3 aromatic rings. The van der Waals surface area contributed by atoms with Gasteiger partial charge in [-0.1, -0.05) is 49.6 Å². The predicted octanol–water partition coefficient (Wildman–Crippen LogP) is 5.29. The van der Waals surface area contributed by atoms with Crippen LogP contribution >= 0.6 is 0 Å². The number of allylic oxidation sites excluding steroid dienone is 1. The molecule has 4 nitrogen and oxygen atoms in total. The van der Waals surface area contributed by atoms with E-state index in [9.17, 15) is 5.11 Å². The van der Waals surface area contributed by atoms with Crippen molar-refractivity contribution >= 4 is 11.0 Å². The van der Waals surface area contributed by atoms with Gasteiger partial charge in [-0.2, -0.15) is 0 Å². The van der Waals surface area contributed by atoms with Crippen LogP contribution in [0.4, 0.5) is 0 Å². The minimum absolute atomic E-state index is 0.257. The number of rotatable bonds is 4. The highest BCUT2D eigenvalue weighted by molar-refractivity contribution is 5.73. The summed E-state index contributed by atoms with van der Waals surface area (Å²) < 4.78 is 0. The lowest BCUT2D eigenvalue weighted by molar-refractivity contribution is 0.439. The lowest BCUT2D eigenvalue weighted by Gasteiger charge is -2.23. The highest BCUT2D eigenvalue weighted by Crippen LogP contribution is 2.38. The van der Waals surface area contributed by atoms with E-state index in [1.54, 1.807) is 4.80 Å². The van der Waals surface area contributed by atoms with Crippen LogP contribution in [0.2, 0.25) is 0 Å². The van der Waals surface area contributed by atoms with Crippen molar-refractivity contribution in [3.05, 3.63) is 59.7 Å². The molecule has 1 N–H and O–H groups in total. The number of hydrogen-bond donors (Lipinski definition) is 1. The molecule has 0 amide bonds. The molecule has 0 atom stereocenters. The van der Waals surface area contributed by atoms with Crippen LogP contribution in [-0.4, -0.2) is 20.1 Å². The van der Waals surface area contributed by atoms with Gasteiger partial charge in [-0.3, -0.25) is 0 Å². The van der Waals surface area contributed by atoms with E-state index in [4.69, 9.17) is 0 Å². The minimum Gasteiger partial charge on any atom is -0.505 e. The Morgan fingerprint density at radius 1 is 1.12 bits per heavy atom. The topological polar surface area (TPSA) is 50.9 Å². The summed E-state index contributed by atoms with van der Waals surface area (Å²) in [4.78, 5) is 1.58. The smallest absolute Gasteiger partial charge is 0.146 e. The van der Waals surface area contributed by atoms with E-state index in [1.165, 1.54) is 37.7 Å². The molecule has 4 heteroatoms. The maximum Gasteiger partial charge on any atom is 0.146 e. The number of nitrogens with zero attached hydrogens (tertiary/aromatic N) is 3. The molecular weight excluding hydrogens is 322 g/mol. The van der Waals surface area contributed by atoms with Crippen LogP contribution in [0.25, 0.3) is 16.7 Å². The fraction of sp³-hybridized carbons (Fsp3) is 0.364. The summed E-state index contributed by atoms with van der Waals surface area (Å²) in [6.07, 6.45) is 6.98. The van der Waals surface area contributed by atoms with Gasteiger partial charge in [-0.05, 0) is 55.9 Å². The molecule has 0 unspecified atom stereocenters. The summed E-state index contributed by atoms with van der Waals surface area (Å²) in [5.41, 5.74) is 5.56. The maximum atomic E-state index is 10.9. The van der Waals surface area contributed by atoms with E-state index >= 15 is 0 Å². The van der Waals surface area contributed by atoms with Crippen LogP contribution in [0.15, 0.2) is 48.6 Å².